The van der Waals surface area contributed by atoms with Crippen LogP contribution in [0, 0.1) is 11.3 Å². The highest BCUT2D eigenvalue weighted by Crippen LogP contribution is 2.26. The average molecular weight is 564 g/mol. The third kappa shape index (κ3) is 6.59. The van der Waals surface area contributed by atoms with Gasteiger partial charge in [-0.25, -0.2) is 5.43 Å². The second-order valence-corrected chi connectivity index (χ2v) is 12.0. The van der Waals surface area contributed by atoms with Gasteiger partial charge in [0.05, 0.1) is 22.7 Å². The number of fused-ring (bicyclic) bond motifs is 4. The Morgan fingerprint density at radius 2 is 1.76 bits per heavy atom. The number of esters is 1. The molecule has 1 fully saturated rings. The van der Waals surface area contributed by atoms with Crippen molar-refractivity contribution in [3.63, 3.8) is 0 Å². The van der Waals surface area contributed by atoms with E-state index in [0.29, 0.717) is 19.4 Å². The number of cyclic esters (lactones) is 1. The molecule has 5 bridgehead atoms. The fourth-order valence-electron chi connectivity index (χ4n) is 4.97. The lowest BCUT2D eigenvalue weighted by Gasteiger charge is -2.37. The molecule has 3 amide bonds. The Balaban J connectivity index is 1.73. The maximum Gasteiger partial charge on any atom is 0.316 e. The van der Waals surface area contributed by atoms with Crippen molar-refractivity contribution < 1.29 is 23.9 Å². The van der Waals surface area contributed by atoms with Crippen molar-refractivity contribution in [1.82, 2.24) is 25.6 Å². The molecule has 220 valence electrons. The third-order valence-electron chi connectivity index (χ3n) is 7.89. The standard InChI is InChI=1S/C31H41N5O5/c1-18(2)26-27(37)32-19(3)28(38)36-16-8-9-24(34-36)29(39)35(7)20(4)23-13-12-22-11-10-21(17-25(22)33-23)14-15-31(5,6)30(40)41-26/h10-15,17-20,24,26,34H,8-9,16H2,1-7H3,(H,32,37)/b15-14+/t19-,20+,24-,26?/m0/s1. The predicted molar refractivity (Wildman–Crippen MR) is 156 cm³/mol. The number of benzene rings is 1. The molecule has 3 heterocycles. The zero-order valence-electron chi connectivity index (χ0n) is 24.9. The fraction of sp³-hybridized carbons (Fsp3) is 0.516. The summed E-state index contributed by atoms with van der Waals surface area (Å²) in [4.78, 5) is 59.7. The topological polar surface area (TPSA) is 121 Å². The van der Waals surface area contributed by atoms with Crippen molar-refractivity contribution in [3.05, 3.63) is 47.7 Å². The van der Waals surface area contributed by atoms with Crippen molar-refractivity contribution in [2.24, 2.45) is 11.3 Å². The molecule has 41 heavy (non-hydrogen) atoms. The maximum atomic E-state index is 13.5. The van der Waals surface area contributed by atoms with Gasteiger partial charge in [-0.3, -0.25) is 29.2 Å². The summed E-state index contributed by atoms with van der Waals surface area (Å²) in [7, 11) is 1.74. The van der Waals surface area contributed by atoms with Crippen LogP contribution in [0.3, 0.4) is 0 Å². The molecular formula is C31H41N5O5. The lowest BCUT2D eigenvalue weighted by atomic mass is 9.92. The van der Waals surface area contributed by atoms with Gasteiger partial charge in [-0.2, -0.15) is 0 Å². The second kappa shape index (κ2) is 12.0. The number of hydrogen-bond donors (Lipinski definition) is 2. The molecule has 2 aliphatic heterocycles. The highest BCUT2D eigenvalue weighted by atomic mass is 16.5. The van der Waals surface area contributed by atoms with Gasteiger partial charge in [0.2, 0.25) is 5.91 Å². The largest absolute Gasteiger partial charge is 0.451 e. The summed E-state index contributed by atoms with van der Waals surface area (Å²) in [5, 5.41) is 5.06. The highest BCUT2D eigenvalue weighted by Gasteiger charge is 2.37. The summed E-state index contributed by atoms with van der Waals surface area (Å²) in [6.45, 7) is 10.9. The van der Waals surface area contributed by atoms with E-state index in [1.165, 1.54) is 5.01 Å². The predicted octanol–water partition coefficient (Wildman–Crippen LogP) is 3.38. The van der Waals surface area contributed by atoms with Gasteiger partial charge < -0.3 is 15.0 Å². The van der Waals surface area contributed by atoms with Gasteiger partial charge >= 0.3 is 5.97 Å². The van der Waals surface area contributed by atoms with Gasteiger partial charge in [-0.05, 0) is 64.2 Å². The SMILES string of the molecule is CC(C)C1OC(=O)C(C)(C)/C=C/c2ccc3ccc(nc3c2)[C@@H](C)N(C)C(=O)[C@@H]2CCCN(N2)C(=O)[C@H](C)NC1=O. The Morgan fingerprint density at radius 3 is 2.46 bits per heavy atom. The zero-order chi connectivity index (χ0) is 30.1. The van der Waals surface area contributed by atoms with Crippen LogP contribution in [0.15, 0.2) is 36.4 Å². The Kier molecular flexibility index (Phi) is 8.82. The number of pyridine rings is 1. The first-order chi connectivity index (χ1) is 19.3. The van der Waals surface area contributed by atoms with Crippen molar-refractivity contribution in [1.29, 1.82) is 0 Å². The van der Waals surface area contributed by atoms with E-state index < -0.39 is 35.5 Å². The molecule has 4 atom stereocenters. The normalized spacial score (nSPS) is 27.1. The zero-order valence-corrected chi connectivity index (χ0v) is 24.9. The van der Waals surface area contributed by atoms with Crippen molar-refractivity contribution >= 4 is 40.7 Å². The quantitative estimate of drug-likeness (QED) is 0.511. The molecule has 1 unspecified atom stereocenters. The first kappa shape index (κ1) is 30.2. The van der Waals surface area contributed by atoms with Gasteiger partial charge in [-0.1, -0.05) is 44.2 Å². The maximum absolute atomic E-state index is 13.5. The first-order valence-electron chi connectivity index (χ1n) is 14.2. The van der Waals surface area contributed by atoms with Crippen molar-refractivity contribution in [2.75, 3.05) is 13.6 Å². The number of likely N-dealkylation sites (N-methyl/N-ethyl adjacent to an activating group) is 1. The number of aromatic nitrogens is 1. The summed E-state index contributed by atoms with van der Waals surface area (Å²) < 4.78 is 5.71. The van der Waals surface area contributed by atoms with Crippen molar-refractivity contribution in [3.8, 4) is 0 Å². The number of carbonyl (C=O) groups is 4. The molecule has 4 rings (SSSR count). The van der Waals surface area contributed by atoms with E-state index in [0.717, 1.165) is 22.2 Å². The second-order valence-electron chi connectivity index (χ2n) is 12.0. The van der Waals surface area contributed by atoms with Crippen LogP contribution < -0.4 is 10.7 Å². The minimum Gasteiger partial charge on any atom is -0.451 e. The number of hydrogen-bond acceptors (Lipinski definition) is 7. The Morgan fingerprint density at radius 1 is 1.05 bits per heavy atom. The minimum absolute atomic E-state index is 0.148. The van der Waals surface area contributed by atoms with E-state index in [-0.39, 0.29) is 23.8 Å². The van der Waals surface area contributed by atoms with Crippen LogP contribution in [-0.2, 0) is 23.9 Å². The minimum atomic E-state index is -1.08. The van der Waals surface area contributed by atoms with Crippen LogP contribution in [0.2, 0.25) is 0 Å². The number of nitrogens with zero attached hydrogens (tertiary/aromatic N) is 3. The van der Waals surface area contributed by atoms with Crippen LogP contribution in [0.5, 0.6) is 0 Å². The molecule has 0 radical (unpaired) electrons. The molecule has 2 aliphatic rings. The molecule has 10 heteroatoms. The number of nitrogens with one attached hydrogen (secondary N) is 2. The van der Waals surface area contributed by atoms with E-state index in [2.05, 4.69) is 10.7 Å². The lowest BCUT2D eigenvalue weighted by Crippen LogP contribution is -2.61. The van der Waals surface area contributed by atoms with Crippen LogP contribution in [0.1, 0.15) is 71.7 Å². The Bertz CT molecular complexity index is 1370. The van der Waals surface area contributed by atoms with Gasteiger partial charge in [0.25, 0.3) is 11.8 Å². The summed E-state index contributed by atoms with van der Waals surface area (Å²) in [5.41, 5.74) is 4.40. The number of amides is 3. The van der Waals surface area contributed by atoms with Gasteiger partial charge in [0, 0.05) is 19.0 Å². The number of hydrazine groups is 1. The van der Waals surface area contributed by atoms with Crippen LogP contribution in [0.4, 0.5) is 0 Å². The van der Waals surface area contributed by atoms with E-state index >= 15 is 0 Å². The summed E-state index contributed by atoms with van der Waals surface area (Å²) in [6.07, 6.45) is 3.70. The highest BCUT2D eigenvalue weighted by molar-refractivity contribution is 5.91. The van der Waals surface area contributed by atoms with E-state index in [1.54, 1.807) is 52.6 Å². The molecule has 2 aromatic rings. The molecule has 0 spiro atoms. The molecule has 1 aromatic carbocycles. The molecular weight excluding hydrogens is 522 g/mol. The summed E-state index contributed by atoms with van der Waals surface area (Å²) in [5.74, 6) is -1.94. The fourth-order valence-corrected chi connectivity index (χ4v) is 4.97. The van der Waals surface area contributed by atoms with E-state index in [9.17, 15) is 19.2 Å². The molecule has 0 saturated carbocycles. The number of ether oxygens (including phenoxy) is 1. The molecule has 0 aliphatic carbocycles. The average Bonchev–Trinajstić information content (AvgIpc) is 2.95. The summed E-state index contributed by atoms with van der Waals surface area (Å²) in [6, 6.07) is 7.93. The molecule has 10 nitrogen and oxygen atoms in total. The summed E-state index contributed by atoms with van der Waals surface area (Å²) >= 11 is 0. The lowest BCUT2D eigenvalue weighted by molar-refractivity contribution is -0.165. The monoisotopic (exact) mass is 563 g/mol. The van der Waals surface area contributed by atoms with Gasteiger partial charge in [0.1, 0.15) is 12.1 Å². The van der Waals surface area contributed by atoms with Crippen LogP contribution in [0.25, 0.3) is 17.0 Å². The smallest absolute Gasteiger partial charge is 0.316 e. The van der Waals surface area contributed by atoms with Crippen molar-refractivity contribution in [2.45, 2.75) is 78.6 Å². The first-order valence-corrected chi connectivity index (χ1v) is 14.2. The van der Waals surface area contributed by atoms with E-state index in [1.807, 2.05) is 43.3 Å². The van der Waals surface area contributed by atoms with E-state index in [4.69, 9.17) is 9.72 Å². The Labute approximate surface area is 241 Å². The Hall–Kier alpha value is -3.79. The molecule has 2 N–H and O–H groups in total. The number of rotatable bonds is 1. The number of carbonyl (C=O) groups excluding carboxylic acids is 4. The van der Waals surface area contributed by atoms with Crippen LogP contribution >= 0.6 is 0 Å². The third-order valence-corrected chi connectivity index (χ3v) is 7.89. The van der Waals surface area contributed by atoms with Gasteiger partial charge in [0.15, 0.2) is 6.10 Å². The molecule has 1 aromatic heterocycles. The molecule has 1 saturated heterocycles. The van der Waals surface area contributed by atoms with Gasteiger partial charge in [-0.15, -0.1) is 0 Å². The van der Waals surface area contributed by atoms with Crippen LogP contribution in [-0.4, -0.2) is 70.4 Å².